The topological polar surface area (TPSA) is 85.7 Å². The second-order valence-corrected chi connectivity index (χ2v) is 8.08. The first-order valence-electron chi connectivity index (χ1n) is 11.4. The molecule has 0 spiro atoms. The molecule has 0 saturated carbocycles. The molecule has 36 heavy (non-hydrogen) atoms. The van der Waals surface area contributed by atoms with Crippen molar-refractivity contribution in [1.29, 1.82) is 0 Å². The smallest absolute Gasteiger partial charge is 0.414 e. The molecule has 2 heterocycles. The summed E-state index contributed by atoms with van der Waals surface area (Å²) in [7, 11) is 1.62. The fourth-order valence-corrected chi connectivity index (χ4v) is 3.92. The van der Waals surface area contributed by atoms with Gasteiger partial charge in [-0.25, -0.2) is 9.48 Å². The van der Waals surface area contributed by atoms with Gasteiger partial charge in [-0.1, -0.05) is 24.3 Å². The molecule has 3 aromatic carbocycles. The minimum Gasteiger partial charge on any atom is -0.497 e. The Hall–Kier alpha value is -4.85. The van der Waals surface area contributed by atoms with E-state index in [1.807, 2.05) is 60.8 Å². The highest BCUT2D eigenvalue weighted by atomic mass is 16.6. The van der Waals surface area contributed by atoms with Gasteiger partial charge in [0, 0.05) is 34.8 Å². The molecule has 0 aliphatic carbocycles. The standard InChI is InChI=1S/C28H24N4O4/c1-35-25-13-10-20(11-14-25)27-21(19-32(30-27)23-7-3-2-4-8-23)12-15-26(33)29-22-6-5-9-24(18-22)31-16-17-36-28(31)34/h2-15,18-19H,16-17H2,1H3,(H,29,33)/b15-12+. The van der Waals surface area contributed by atoms with Crippen molar-refractivity contribution < 1.29 is 19.1 Å². The SMILES string of the molecule is COc1ccc(-c2nn(-c3ccccc3)cc2/C=C/C(=O)Nc2cccc(N3CCOC3=O)c2)cc1. The number of methoxy groups -OCH3 is 1. The van der Waals surface area contributed by atoms with Gasteiger partial charge in [0.25, 0.3) is 0 Å². The molecule has 1 N–H and O–H groups in total. The van der Waals surface area contributed by atoms with Crippen molar-refractivity contribution in [2.24, 2.45) is 0 Å². The van der Waals surface area contributed by atoms with Crippen LogP contribution in [0.5, 0.6) is 5.75 Å². The molecule has 1 aliphatic rings. The maximum absolute atomic E-state index is 12.7. The maximum Gasteiger partial charge on any atom is 0.414 e. The van der Waals surface area contributed by atoms with Crippen LogP contribution in [0.4, 0.5) is 16.2 Å². The molecule has 1 saturated heterocycles. The van der Waals surface area contributed by atoms with Crippen LogP contribution in [0, 0.1) is 0 Å². The van der Waals surface area contributed by atoms with Crippen LogP contribution < -0.4 is 15.0 Å². The highest BCUT2D eigenvalue weighted by Crippen LogP contribution is 2.27. The van der Waals surface area contributed by atoms with Crippen molar-refractivity contribution >= 4 is 29.5 Å². The molecule has 1 aliphatic heterocycles. The summed E-state index contributed by atoms with van der Waals surface area (Å²) in [6, 6.07) is 24.5. The minimum atomic E-state index is -0.389. The maximum atomic E-state index is 12.7. The predicted molar refractivity (Wildman–Crippen MR) is 138 cm³/mol. The van der Waals surface area contributed by atoms with Crippen molar-refractivity contribution in [1.82, 2.24) is 9.78 Å². The summed E-state index contributed by atoms with van der Waals surface area (Å²) < 4.78 is 12.1. The average Bonchev–Trinajstić information content (AvgIpc) is 3.54. The van der Waals surface area contributed by atoms with Crippen molar-refractivity contribution in [2.45, 2.75) is 0 Å². The van der Waals surface area contributed by atoms with Crippen LogP contribution in [0.25, 0.3) is 23.0 Å². The first-order valence-corrected chi connectivity index (χ1v) is 11.4. The number of ether oxygens (including phenoxy) is 2. The van der Waals surface area contributed by atoms with E-state index in [0.29, 0.717) is 24.5 Å². The Morgan fingerprint density at radius 3 is 2.53 bits per heavy atom. The Bertz CT molecular complexity index is 1410. The lowest BCUT2D eigenvalue weighted by Crippen LogP contribution is -2.23. The van der Waals surface area contributed by atoms with E-state index in [2.05, 4.69) is 5.32 Å². The number of rotatable bonds is 7. The number of nitrogens with zero attached hydrogens (tertiary/aromatic N) is 3. The third-order valence-electron chi connectivity index (χ3n) is 5.73. The molecule has 0 radical (unpaired) electrons. The first kappa shape index (κ1) is 22.9. The number of aromatic nitrogens is 2. The summed E-state index contributed by atoms with van der Waals surface area (Å²) in [6.07, 6.45) is 4.71. The van der Waals surface area contributed by atoms with E-state index < -0.39 is 0 Å². The van der Waals surface area contributed by atoms with Crippen LogP contribution in [0.3, 0.4) is 0 Å². The Morgan fingerprint density at radius 2 is 1.81 bits per heavy atom. The Balaban J connectivity index is 1.39. The number of cyclic esters (lactones) is 1. The summed E-state index contributed by atoms with van der Waals surface area (Å²) in [4.78, 5) is 26.1. The molecule has 4 aromatic rings. The number of benzene rings is 3. The molecule has 8 heteroatoms. The van der Waals surface area contributed by atoms with E-state index in [9.17, 15) is 9.59 Å². The fourth-order valence-electron chi connectivity index (χ4n) is 3.92. The van der Waals surface area contributed by atoms with Gasteiger partial charge in [0.2, 0.25) is 5.91 Å². The Labute approximate surface area is 208 Å². The van der Waals surface area contributed by atoms with E-state index in [1.165, 1.54) is 11.0 Å². The quantitative estimate of drug-likeness (QED) is 0.370. The highest BCUT2D eigenvalue weighted by molar-refractivity contribution is 6.03. The third-order valence-corrected chi connectivity index (χ3v) is 5.73. The molecule has 2 amide bonds. The fraction of sp³-hybridized carbons (Fsp3) is 0.107. The van der Waals surface area contributed by atoms with Crippen LogP contribution in [0.1, 0.15) is 5.56 Å². The molecule has 1 fully saturated rings. The number of para-hydroxylation sites is 1. The predicted octanol–water partition coefficient (Wildman–Crippen LogP) is 5.16. The van der Waals surface area contributed by atoms with E-state index in [4.69, 9.17) is 14.6 Å². The van der Waals surface area contributed by atoms with Crippen LogP contribution in [0.15, 0.2) is 91.1 Å². The molecule has 0 bridgehead atoms. The Kier molecular flexibility index (Phi) is 6.48. The van der Waals surface area contributed by atoms with Gasteiger partial charge in [0.05, 0.1) is 25.0 Å². The van der Waals surface area contributed by atoms with Crippen LogP contribution in [0.2, 0.25) is 0 Å². The zero-order chi connectivity index (χ0) is 24.9. The zero-order valence-electron chi connectivity index (χ0n) is 19.6. The molecule has 8 nitrogen and oxygen atoms in total. The first-order chi connectivity index (χ1) is 17.6. The van der Waals surface area contributed by atoms with Crippen molar-refractivity contribution in [3.63, 3.8) is 0 Å². The van der Waals surface area contributed by atoms with Gasteiger partial charge in [0.1, 0.15) is 12.4 Å². The van der Waals surface area contributed by atoms with Crippen molar-refractivity contribution in [2.75, 3.05) is 30.5 Å². The second kappa shape index (κ2) is 10.2. The highest BCUT2D eigenvalue weighted by Gasteiger charge is 2.23. The van der Waals surface area contributed by atoms with Gasteiger partial charge in [-0.3, -0.25) is 9.69 Å². The molecule has 1 aromatic heterocycles. The normalized spacial score (nSPS) is 13.1. The average molecular weight is 481 g/mol. The number of nitrogens with one attached hydrogen (secondary N) is 1. The van der Waals surface area contributed by atoms with Gasteiger partial charge in [-0.2, -0.15) is 5.10 Å². The van der Waals surface area contributed by atoms with Gasteiger partial charge in [0.15, 0.2) is 0 Å². The van der Waals surface area contributed by atoms with E-state index in [1.54, 1.807) is 42.1 Å². The second-order valence-electron chi connectivity index (χ2n) is 8.08. The molecular weight excluding hydrogens is 456 g/mol. The molecule has 0 unspecified atom stereocenters. The van der Waals surface area contributed by atoms with Crippen LogP contribution >= 0.6 is 0 Å². The van der Waals surface area contributed by atoms with Crippen molar-refractivity contribution in [3.05, 3.63) is 96.7 Å². The molecule has 5 rings (SSSR count). The number of carbonyl (C=O) groups excluding carboxylic acids is 2. The van der Waals surface area contributed by atoms with Crippen LogP contribution in [-0.2, 0) is 9.53 Å². The lowest BCUT2D eigenvalue weighted by Gasteiger charge is -2.13. The summed E-state index contributed by atoms with van der Waals surface area (Å²) in [5.74, 6) is 0.450. The molecule has 180 valence electrons. The molecular formula is C28H24N4O4. The van der Waals surface area contributed by atoms with Gasteiger partial charge in [-0.05, 0) is 60.7 Å². The Morgan fingerprint density at radius 1 is 1.03 bits per heavy atom. The largest absolute Gasteiger partial charge is 0.497 e. The van der Waals surface area contributed by atoms with E-state index >= 15 is 0 Å². The summed E-state index contributed by atoms with van der Waals surface area (Å²) in [5.41, 5.74) is 4.58. The summed E-state index contributed by atoms with van der Waals surface area (Å²) in [6.45, 7) is 0.834. The minimum absolute atomic E-state index is 0.302. The lowest BCUT2D eigenvalue weighted by molar-refractivity contribution is -0.111. The zero-order valence-corrected chi connectivity index (χ0v) is 19.6. The van der Waals surface area contributed by atoms with Gasteiger partial charge >= 0.3 is 6.09 Å². The van der Waals surface area contributed by atoms with Crippen molar-refractivity contribution in [3.8, 4) is 22.7 Å². The van der Waals surface area contributed by atoms with Gasteiger partial charge < -0.3 is 14.8 Å². The van der Waals surface area contributed by atoms with Crippen LogP contribution in [-0.4, -0.2) is 42.0 Å². The number of hydrogen-bond acceptors (Lipinski definition) is 5. The van der Waals surface area contributed by atoms with E-state index in [0.717, 1.165) is 28.3 Å². The number of hydrogen-bond donors (Lipinski definition) is 1. The molecule has 0 atom stereocenters. The monoisotopic (exact) mass is 480 g/mol. The summed E-state index contributed by atoms with van der Waals surface area (Å²) in [5, 5.41) is 7.63. The third kappa shape index (κ3) is 4.97. The lowest BCUT2D eigenvalue weighted by atomic mass is 10.1. The summed E-state index contributed by atoms with van der Waals surface area (Å²) >= 11 is 0. The van der Waals surface area contributed by atoms with Gasteiger partial charge in [-0.15, -0.1) is 0 Å². The number of anilines is 2. The van der Waals surface area contributed by atoms with E-state index in [-0.39, 0.29) is 12.0 Å². The number of amides is 2. The number of carbonyl (C=O) groups is 2.